The minimum Gasteiger partial charge on any atom is -0.387 e. The smallest absolute Gasteiger partial charge is 0.251 e. The summed E-state index contributed by atoms with van der Waals surface area (Å²) < 4.78 is 52.9. The van der Waals surface area contributed by atoms with Crippen LogP contribution in [-0.4, -0.2) is 80.6 Å². The highest BCUT2D eigenvalue weighted by Crippen LogP contribution is 2.34. The summed E-state index contributed by atoms with van der Waals surface area (Å²) in [6.07, 6.45) is -1.59. The number of aliphatic hydroxyl groups excluding tert-OH is 2. The van der Waals surface area contributed by atoms with Gasteiger partial charge >= 0.3 is 0 Å². The quantitative estimate of drug-likeness (QED) is 0.252. The summed E-state index contributed by atoms with van der Waals surface area (Å²) in [6, 6.07) is 10.8. The third kappa shape index (κ3) is 4.81. The van der Waals surface area contributed by atoms with Crippen LogP contribution in [0.15, 0.2) is 60.0 Å². The molecule has 1 amide bonds. The number of pyridine rings is 1. The van der Waals surface area contributed by atoms with Gasteiger partial charge in [0.15, 0.2) is 45.0 Å². The van der Waals surface area contributed by atoms with Crippen molar-refractivity contribution in [3.05, 3.63) is 60.7 Å². The predicted octanol–water partition coefficient (Wildman–Crippen LogP) is 0.269. The molecule has 38 heavy (non-hydrogen) atoms. The molecule has 1 fully saturated rings. The number of likely N-dealkylation sites (N-methyl/N-ethyl adjacent to an activating group) is 1. The average Bonchev–Trinajstić information content (AvgIpc) is 3.47. The van der Waals surface area contributed by atoms with E-state index in [1.54, 1.807) is 5.32 Å². The van der Waals surface area contributed by atoms with E-state index in [0.29, 0.717) is 6.54 Å². The number of rotatable bonds is 7. The van der Waals surface area contributed by atoms with Crippen molar-refractivity contribution in [1.29, 1.82) is 0 Å². The molecule has 0 unspecified atom stereocenters. The molecule has 0 radical (unpaired) electrons. The molecule has 0 saturated carbocycles. The Hall–Kier alpha value is -3.98. The fourth-order valence-corrected chi connectivity index (χ4v) is 4.65. The van der Waals surface area contributed by atoms with E-state index in [1.807, 2.05) is 30.3 Å². The third-order valence-corrected chi connectivity index (χ3v) is 7.10. The normalized spacial score (nSPS) is 23.0. The van der Waals surface area contributed by atoms with E-state index in [1.165, 1.54) is 29.4 Å². The lowest BCUT2D eigenvalue weighted by atomic mass is 10.1. The van der Waals surface area contributed by atoms with Crippen LogP contribution in [0.4, 0.5) is 5.82 Å². The maximum absolute atomic E-state index is 12.4. The number of imidazole rings is 1. The van der Waals surface area contributed by atoms with Crippen LogP contribution in [0.5, 0.6) is 0 Å². The monoisotopic (exact) mass is 542 g/mol. The number of carbonyl (C=O) groups is 1. The second-order valence-corrected chi connectivity index (χ2v) is 10.7. The molecule has 0 aliphatic carbocycles. The van der Waals surface area contributed by atoms with Crippen LogP contribution in [-0.2, 0) is 25.9 Å². The molecule has 4 heterocycles. The minimum absolute atomic E-state index is 0.0493. The number of aliphatic hydroxyl groups is 2. The number of amides is 1. The summed E-state index contributed by atoms with van der Waals surface area (Å²) in [6.45, 7) is -2.49. The van der Waals surface area contributed by atoms with Gasteiger partial charge < -0.3 is 25.6 Å². The molecule has 14 heteroatoms. The lowest BCUT2D eigenvalue weighted by Crippen LogP contribution is -2.41. The van der Waals surface area contributed by atoms with E-state index in [9.17, 15) is 23.4 Å². The molecule has 5 rings (SSSR count). The summed E-state index contributed by atoms with van der Waals surface area (Å²) in [5, 5.41) is 26.2. The zero-order valence-electron chi connectivity index (χ0n) is 22.9. The van der Waals surface area contributed by atoms with Gasteiger partial charge in [-0.3, -0.25) is 14.3 Å². The van der Waals surface area contributed by atoms with Gasteiger partial charge in [-0.15, -0.1) is 0 Å². The molecular formula is C24H25N7O6S. The van der Waals surface area contributed by atoms with Gasteiger partial charge in [0.2, 0.25) is 0 Å². The summed E-state index contributed by atoms with van der Waals surface area (Å²) in [5.41, 5.74) is 1.57. The molecule has 4 N–H and O–H groups in total. The van der Waals surface area contributed by atoms with Gasteiger partial charge in [0, 0.05) is 41.8 Å². The van der Waals surface area contributed by atoms with E-state index in [-0.39, 0.29) is 33.3 Å². The molecule has 1 saturated heterocycles. The first kappa shape index (κ1) is 22.0. The highest BCUT2D eigenvalue weighted by Gasteiger charge is 2.47. The Balaban J connectivity index is 1.58. The van der Waals surface area contributed by atoms with Gasteiger partial charge in [-0.25, -0.2) is 23.4 Å². The number of aromatic nitrogens is 5. The van der Waals surface area contributed by atoms with Crippen LogP contribution >= 0.6 is 0 Å². The van der Waals surface area contributed by atoms with Crippen LogP contribution in [0, 0.1) is 0 Å². The van der Waals surface area contributed by atoms with E-state index in [2.05, 4.69) is 25.3 Å². The molecule has 1 aliphatic heterocycles. The number of carbonyl (C=O) groups excluding carboxylic acids is 1. The Morgan fingerprint density at radius 3 is 2.71 bits per heavy atom. The van der Waals surface area contributed by atoms with Gasteiger partial charge in [0.1, 0.15) is 12.2 Å². The minimum atomic E-state index is -3.59. The lowest BCUT2D eigenvalue weighted by Gasteiger charge is -2.17. The van der Waals surface area contributed by atoms with Gasteiger partial charge in [-0.05, 0) is 11.6 Å². The van der Waals surface area contributed by atoms with Gasteiger partial charge in [-0.1, -0.05) is 30.3 Å². The van der Waals surface area contributed by atoms with E-state index < -0.39 is 47.3 Å². The molecule has 0 bridgehead atoms. The first-order valence-corrected chi connectivity index (χ1v) is 13.2. The molecule has 1 aromatic carbocycles. The van der Waals surface area contributed by atoms with Crippen molar-refractivity contribution >= 4 is 32.7 Å². The zero-order valence-corrected chi connectivity index (χ0v) is 20.7. The van der Waals surface area contributed by atoms with Crippen molar-refractivity contribution in [2.24, 2.45) is 0 Å². The number of nitrogens with one attached hydrogen (secondary N) is 2. The lowest BCUT2D eigenvalue weighted by molar-refractivity contribution is -0.137. The predicted molar refractivity (Wildman–Crippen MR) is 135 cm³/mol. The maximum Gasteiger partial charge on any atom is 0.251 e. The highest BCUT2D eigenvalue weighted by molar-refractivity contribution is 7.90. The molecule has 0 spiro atoms. The number of hydrogen-bond acceptors (Lipinski definition) is 11. The van der Waals surface area contributed by atoms with Gasteiger partial charge in [0.05, 0.1) is 11.2 Å². The van der Waals surface area contributed by atoms with Crippen LogP contribution in [0.25, 0.3) is 22.6 Å². The van der Waals surface area contributed by atoms with Crippen LogP contribution in [0.2, 0.25) is 0 Å². The first-order valence-electron chi connectivity index (χ1n) is 12.8. The number of ether oxygens (including phenoxy) is 1. The van der Waals surface area contributed by atoms with E-state index in [0.717, 1.165) is 11.8 Å². The fraction of sp³-hybridized carbons (Fsp3) is 0.292. The van der Waals surface area contributed by atoms with Crippen molar-refractivity contribution in [2.45, 2.75) is 36.0 Å². The third-order valence-electron chi connectivity index (χ3n) is 6.02. The summed E-state index contributed by atoms with van der Waals surface area (Å²) in [7, 11) is -3.59. The maximum atomic E-state index is 12.4. The highest BCUT2D eigenvalue weighted by atomic mass is 32.2. The van der Waals surface area contributed by atoms with Crippen LogP contribution < -0.4 is 10.6 Å². The second kappa shape index (κ2) is 10.1. The zero-order chi connectivity index (χ0) is 29.5. The molecule has 4 atom stereocenters. The Bertz CT molecular complexity index is 1700. The summed E-state index contributed by atoms with van der Waals surface area (Å²) >= 11 is 0. The summed E-state index contributed by atoms with van der Waals surface area (Å²) in [4.78, 5) is 29.8. The molecule has 198 valence electrons. The molecule has 13 nitrogen and oxygen atoms in total. The number of nitrogens with zero attached hydrogens (tertiary/aromatic N) is 5. The van der Waals surface area contributed by atoms with Gasteiger partial charge in [-0.2, -0.15) is 0 Å². The van der Waals surface area contributed by atoms with Crippen molar-refractivity contribution in [3.63, 3.8) is 0 Å². The van der Waals surface area contributed by atoms with Gasteiger partial charge in [0.25, 0.3) is 5.91 Å². The molecule has 1 aliphatic rings. The Labute approximate surface area is 221 Å². The first-order chi connectivity index (χ1) is 19.3. The number of benzene rings is 1. The van der Waals surface area contributed by atoms with Crippen LogP contribution in [0.1, 0.15) is 15.9 Å². The molecular weight excluding hydrogens is 514 g/mol. The fourth-order valence-electron chi connectivity index (χ4n) is 4.06. The Morgan fingerprint density at radius 1 is 1.18 bits per heavy atom. The second-order valence-electron chi connectivity index (χ2n) is 8.66. The average molecular weight is 543 g/mol. The summed E-state index contributed by atoms with van der Waals surface area (Å²) in [5.74, 6) is -0.799. The Kier molecular flexibility index (Phi) is 5.83. The topological polar surface area (TPSA) is 181 Å². The SMILES string of the molecule is [2H]C([2H])([2H])NC(=O)[C@H]1O[C@@H](n2cnc3c(NCc4ccccc4)nc(-c4cncc(S(C)(=O)=O)c4)nc32)[C@H](O)[C@@H]1O. The van der Waals surface area contributed by atoms with Crippen molar-refractivity contribution < 1.29 is 32.3 Å². The standard InChI is InChI=1S/C24H25N7O6S/c1-25-23(34)19-17(32)18(33)24(37-19)31-12-28-16-21(27-9-13-6-4-3-5-7-13)29-20(30-22(16)31)14-8-15(11-26-10-14)38(2,35)36/h3-8,10-12,17-19,24,32-33H,9H2,1-2H3,(H,25,34)(H,27,29,30)/t17-,18+,19-,24+/m0/s1/i1D3. The number of hydrogen-bond donors (Lipinski definition) is 4. The van der Waals surface area contributed by atoms with E-state index in [4.69, 9.17) is 8.85 Å². The molecule has 3 aromatic heterocycles. The van der Waals surface area contributed by atoms with Crippen molar-refractivity contribution in [1.82, 2.24) is 29.8 Å². The number of fused-ring (bicyclic) bond motifs is 1. The molecule has 4 aromatic rings. The Morgan fingerprint density at radius 2 is 1.97 bits per heavy atom. The van der Waals surface area contributed by atoms with Crippen molar-refractivity contribution in [2.75, 3.05) is 18.5 Å². The number of anilines is 1. The largest absolute Gasteiger partial charge is 0.387 e. The van der Waals surface area contributed by atoms with Crippen LogP contribution in [0.3, 0.4) is 0 Å². The van der Waals surface area contributed by atoms with E-state index >= 15 is 0 Å². The van der Waals surface area contributed by atoms with Crippen molar-refractivity contribution in [3.8, 4) is 11.4 Å². The number of sulfone groups is 1.